The zero-order chi connectivity index (χ0) is 20.2. The summed E-state index contributed by atoms with van der Waals surface area (Å²) < 4.78 is 26.8. The summed E-state index contributed by atoms with van der Waals surface area (Å²) in [5.41, 5.74) is 2.18. The van der Waals surface area contributed by atoms with Gasteiger partial charge < -0.3 is 10.2 Å². The molecule has 148 valence electrons. The number of amides is 1. The van der Waals surface area contributed by atoms with Gasteiger partial charge in [-0.25, -0.2) is 13.8 Å². The minimum Gasteiger partial charge on any atom is -0.355 e. The number of hydrogen-bond donors (Lipinski definition) is 1. The molecule has 3 aromatic rings. The second kappa shape index (κ2) is 8.34. The van der Waals surface area contributed by atoms with Crippen molar-refractivity contribution in [3.8, 4) is 11.3 Å². The molecule has 0 saturated carbocycles. The third kappa shape index (κ3) is 4.23. The van der Waals surface area contributed by atoms with Gasteiger partial charge in [-0.1, -0.05) is 18.2 Å². The quantitative estimate of drug-likeness (QED) is 0.712. The van der Waals surface area contributed by atoms with Crippen molar-refractivity contribution in [3.05, 3.63) is 77.6 Å². The highest BCUT2D eigenvalue weighted by Crippen LogP contribution is 2.29. The van der Waals surface area contributed by atoms with Crippen LogP contribution in [0.3, 0.4) is 0 Å². The highest BCUT2D eigenvalue weighted by molar-refractivity contribution is 5.95. The van der Waals surface area contributed by atoms with Crippen molar-refractivity contribution in [2.24, 2.45) is 0 Å². The maximum absolute atomic E-state index is 13.8. The fraction of sp³-hybridized carbons (Fsp3) is 0.227. The van der Waals surface area contributed by atoms with E-state index in [9.17, 15) is 13.6 Å². The fourth-order valence-corrected chi connectivity index (χ4v) is 3.45. The average Bonchev–Trinajstić information content (AvgIpc) is 3.28. The Hall–Kier alpha value is -3.35. The molecule has 1 saturated heterocycles. The number of rotatable bonds is 5. The molecule has 0 atom stereocenters. The average molecular weight is 394 g/mol. The predicted molar refractivity (Wildman–Crippen MR) is 106 cm³/mol. The van der Waals surface area contributed by atoms with Crippen molar-refractivity contribution in [2.75, 3.05) is 18.0 Å². The molecule has 0 unspecified atom stereocenters. The lowest BCUT2D eigenvalue weighted by Crippen LogP contribution is -2.23. The third-order valence-electron chi connectivity index (χ3n) is 4.94. The summed E-state index contributed by atoms with van der Waals surface area (Å²) in [6.45, 7) is 1.85. The SMILES string of the molecule is O=C(NCc1ccc(F)cc1F)c1cccc(-c2nccnc2N2CCCC2)c1. The van der Waals surface area contributed by atoms with Gasteiger partial charge in [-0.3, -0.25) is 9.78 Å². The number of nitrogens with zero attached hydrogens (tertiary/aromatic N) is 3. The van der Waals surface area contributed by atoms with E-state index >= 15 is 0 Å². The summed E-state index contributed by atoms with van der Waals surface area (Å²) in [7, 11) is 0. The molecule has 2 aromatic carbocycles. The molecular formula is C22H20F2N4O. The van der Waals surface area contributed by atoms with E-state index < -0.39 is 11.6 Å². The van der Waals surface area contributed by atoms with E-state index in [1.807, 2.05) is 6.07 Å². The van der Waals surface area contributed by atoms with Crippen molar-refractivity contribution in [1.29, 1.82) is 0 Å². The molecule has 1 aliphatic heterocycles. The Bertz CT molecular complexity index is 1030. The Balaban J connectivity index is 1.54. The van der Waals surface area contributed by atoms with Crippen LogP contribution in [-0.2, 0) is 6.54 Å². The molecule has 1 aliphatic rings. The van der Waals surface area contributed by atoms with E-state index in [4.69, 9.17) is 0 Å². The Kier molecular flexibility index (Phi) is 5.46. The molecule has 1 N–H and O–H groups in total. The lowest BCUT2D eigenvalue weighted by Gasteiger charge is -2.19. The third-order valence-corrected chi connectivity index (χ3v) is 4.94. The second-order valence-corrected chi connectivity index (χ2v) is 6.92. The molecule has 4 rings (SSSR count). The molecule has 29 heavy (non-hydrogen) atoms. The molecule has 7 heteroatoms. The van der Waals surface area contributed by atoms with Gasteiger partial charge in [-0.15, -0.1) is 0 Å². The number of benzene rings is 2. The van der Waals surface area contributed by atoms with Gasteiger partial charge in [0.25, 0.3) is 5.91 Å². The number of carbonyl (C=O) groups excluding carboxylic acids is 1. The van der Waals surface area contributed by atoms with Crippen LogP contribution in [-0.4, -0.2) is 29.0 Å². The zero-order valence-corrected chi connectivity index (χ0v) is 15.7. The van der Waals surface area contributed by atoms with Crippen molar-refractivity contribution < 1.29 is 13.6 Å². The highest BCUT2D eigenvalue weighted by atomic mass is 19.1. The number of aromatic nitrogens is 2. The minimum atomic E-state index is -0.686. The summed E-state index contributed by atoms with van der Waals surface area (Å²) in [4.78, 5) is 23.7. The first-order chi connectivity index (χ1) is 14.1. The monoisotopic (exact) mass is 394 g/mol. The van der Waals surface area contributed by atoms with Gasteiger partial charge >= 0.3 is 0 Å². The van der Waals surface area contributed by atoms with Gasteiger partial charge in [0.2, 0.25) is 0 Å². The Morgan fingerprint density at radius 3 is 2.62 bits per heavy atom. The standard InChI is InChI=1S/C22H20F2N4O/c23-18-7-6-17(19(24)13-18)14-27-22(29)16-5-3-4-15(12-16)20-21(26-9-8-25-20)28-10-1-2-11-28/h3-9,12-13H,1-2,10-11,14H2,(H,27,29). The van der Waals surface area contributed by atoms with Crippen LogP contribution in [0.25, 0.3) is 11.3 Å². The zero-order valence-electron chi connectivity index (χ0n) is 15.7. The second-order valence-electron chi connectivity index (χ2n) is 6.92. The largest absolute Gasteiger partial charge is 0.355 e. The summed E-state index contributed by atoms with van der Waals surface area (Å²) in [5, 5.41) is 2.68. The van der Waals surface area contributed by atoms with Gasteiger partial charge in [-0.05, 0) is 31.0 Å². The van der Waals surface area contributed by atoms with Crippen LogP contribution in [0, 0.1) is 11.6 Å². The van der Waals surface area contributed by atoms with E-state index in [-0.39, 0.29) is 18.0 Å². The van der Waals surface area contributed by atoms with E-state index in [1.165, 1.54) is 12.1 Å². The van der Waals surface area contributed by atoms with Crippen LogP contribution in [0.2, 0.25) is 0 Å². The van der Waals surface area contributed by atoms with Crippen molar-refractivity contribution in [1.82, 2.24) is 15.3 Å². The molecule has 5 nitrogen and oxygen atoms in total. The Morgan fingerprint density at radius 1 is 1.03 bits per heavy atom. The molecule has 1 amide bonds. The summed E-state index contributed by atoms with van der Waals surface area (Å²) in [5.74, 6) is -0.866. The molecule has 0 radical (unpaired) electrons. The van der Waals surface area contributed by atoms with Gasteiger partial charge in [0.15, 0.2) is 5.82 Å². The summed E-state index contributed by atoms with van der Waals surface area (Å²) >= 11 is 0. The first-order valence-corrected chi connectivity index (χ1v) is 9.50. The van der Waals surface area contributed by atoms with E-state index in [1.54, 1.807) is 30.6 Å². The molecule has 1 aromatic heterocycles. The van der Waals surface area contributed by atoms with Crippen LogP contribution in [0.15, 0.2) is 54.9 Å². The smallest absolute Gasteiger partial charge is 0.251 e. The molecule has 2 heterocycles. The van der Waals surface area contributed by atoms with Gasteiger partial charge in [-0.2, -0.15) is 0 Å². The fourth-order valence-electron chi connectivity index (χ4n) is 3.45. The molecule has 1 fully saturated rings. The Labute approximate surface area is 167 Å². The number of hydrogen-bond acceptors (Lipinski definition) is 4. The van der Waals surface area contributed by atoms with Crippen molar-refractivity contribution in [3.63, 3.8) is 0 Å². The van der Waals surface area contributed by atoms with Gasteiger partial charge in [0.05, 0.1) is 0 Å². The van der Waals surface area contributed by atoms with Crippen LogP contribution < -0.4 is 10.2 Å². The maximum Gasteiger partial charge on any atom is 0.251 e. The Morgan fingerprint density at radius 2 is 1.83 bits per heavy atom. The van der Waals surface area contributed by atoms with E-state index in [2.05, 4.69) is 20.2 Å². The van der Waals surface area contributed by atoms with Crippen LogP contribution in [0.5, 0.6) is 0 Å². The summed E-state index contributed by atoms with van der Waals surface area (Å²) in [6.07, 6.45) is 5.56. The lowest BCUT2D eigenvalue weighted by atomic mass is 10.1. The van der Waals surface area contributed by atoms with Crippen LogP contribution in [0.1, 0.15) is 28.8 Å². The maximum atomic E-state index is 13.8. The molecule has 0 bridgehead atoms. The molecular weight excluding hydrogens is 374 g/mol. The lowest BCUT2D eigenvalue weighted by molar-refractivity contribution is 0.0950. The molecule has 0 aliphatic carbocycles. The summed E-state index contributed by atoms with van der Waals surface area (Å²) in [6, 6.07) is 10.4. The number of halogens is 2. The van der Waals surface area contributed by atoms with Crippen molar-refractivity contribution in [2.45, 2.75) is 19.4 Å². The first-order valence-electron chi connectivity index (χ1n) is 9.50. The van der Waals surface area contributed by atoms with Gasteiger partial charge in [0.1, 0.15) is 17.3 Å². The number of nitrogens with one attached hydrogen (secondary N) is 1. The van der Waals surface area contributed by atoms with E-state index in [0.717, 1.165) is 49.1 Å². The number of carbonyl (C=O) groups is 1. The topological polar surface area (TPSA) is 58.1 Å². The normalized spacial score (nSPS) is 13.5. The first kappa shape index (κ1) is 19.0. The highest BCUT2D eigenvalue weighted by Gasteiger charge is 2.19. The number of anilines is 1. The minimum absolute atomic E-state index is 0.0284. The molecule has 0 spiro atoms. The van der Waals surface area contributed by atoms with Gasteiger partial charge in [0, 0.05) is 54.8 Å². The van der Waals surface area contributed by atoms with Crippen LogP contribution in [0.4, 0.5) is 14.6 Å². The van der Waals surface area contributed by atoms with E-state index in [0.29, 0.717) is 5.56 Å². The van der Waals surface area contributed by atoms with Crippen LogP contribution >= 0.6 is 0 Å². The van der Waals surface area contributed by atoms with Crippen molar-refractivity contribution >= 4 is 11.7 Å². The predicted octanol–water partition coefficient (Wildman–Crippen LogP) is 3.95.